The second-order valence-corrected chi connectivity index (χ2v) is 4.84. The van der Waals surface area contributed by atoms with Gasteiger partial charge in [0.25, 0.3) is 0 Å². The summed E-state index contributed by atoms with van der Waals surface area (Å²) in [6, 6.07) is 0. The molecular weight excluding hydrogens is 192 g/mol. The maximum absolute atomic E-state index is 11.1. The molecular formula is C11H16N2O2. The maximum atomic E-state index is 11.1. The van der Waals surface area contributed by atoms with Crippen LogP contribution in [0, 0.1) is 0 Å². The van der Waals surface area contributed by atoms with Crippen molar-refractivity contribution < 1.29 is 9.90 Å². The summed E-state index contributed by atoms with van der Waals surface area (Å²) >= 11 is 0. The zero-order chi connectivity index (χ0) is 11.2. The van der Waals surface area contributed by atoms with Gasteiger partial charge >= 0.3 is 5.97 Å². The average Bonchev–Trinajstić information content (AvgIpc) is 2.42. The Kier molecular flexibility index (Phi) is 2.10. The van der Waals surface area contributed by atoms with Crippen molar-refractivity contribution in [3.63, 3.8) is 0 Å². The van der Waals surface area contributed by atoms with E-state index < -0.39 is 5.97 Å². The summed E-state index contributed by atoms with van der Waals surface area (Å²) in [5, 5.41) is 13.5. The van der Waals surface area contributed by atoms with E-state index >= 15 is 0 Å². The van der Waals surface area contributed by atoms with Crippen molar-refractivity contribution in [2.45, 2.75) is 38.5 Å². The number of carbonyl (C=O) groups is 1. The summed E-state index contributed by atoms with van der Waals surface area (Å²) in [5.74, 6) is -0.871. The molecule has 82 valence electrons. The average molecular weight is 208 g/mol. The third-order valence-electron chi connectivity index (χ3n) is 3.22. The fourth-order valence-electron chi connectivity index (χ4n) is 2.44. The molecule has 0 unspecified atom stereocenters. The first-order chi connectivity index (χ1) is 6.93. The number of aromatic carboxylic acids is 1. The van der Waals surface area contributed by atoms with Crippen molar-refractivity contribution in [2.75, 3.05) is 0 Å². The highest BCUT2D eigenvalue weighted by Crippen LogP contribution is 2.37. The summed E-state index contributed by atoms with van der Waals surface area (Å²) in [6.07, 6.45) is 2.97. The van der Waals surface area contributed by atoms with Crippen LogP contribution in [0.2, 0.25) is 0 Å². The quantitative estimate of drug-likeness (QED) is 0.764. The van der Waals surface area contributed by atoms with Crippen LogP contribution in [-0.2, 0) is 18.9 Å². The van der Waals surface area contributed by atoms with Crippen LogP contribution in [0.4, 0.5) is 0 Å². The van der Waals surface area contributed by atoms with Crippen molar-refractivity contribution in [2.24, 2.45) is 7.05 Å². The van der Waals surface area contributed by atoms with Gasteiger partial charge in [0.15, 0.2) is 0 Å². The van der Waals surface area contributed by atoms with Crippen LogP contribution in [0.25, 0.3) is 0 Å². The molecule has 0 bridgehead atoms. The van der Waals surface area contributed by atoms with E-state index in [1.807, 2.05) is 0 Å². The van der Waals surface area contributed by atoms with E-state index in [1.165, 1.54) is 4.68 Å². The van der Waals surface area contributed by atoms with Gasteiger partial charge in [0.05, 0.1) is 5.69 Å². The van der Waals surface area contributed by atoms with Crippen LogP contribution >= 0.6 is 0 Å². The zero-order valence-electron chi connectivity index (χ0n) is 9.37. The van der Waals surface area contributed by atoms with Crippen molar-refractivity contribution in [3.05, 3.63) is 17.0 Å². The van der Waals surface area contributed by atoms with Crippen LogP contribution in [0.3, 0.4) is 0 Å². The molecule has 4 heteroatoms. The lowest BCUT2D eigenvalue weighted by Gasteiger charge is -2.28. The van der Waals surface area contributed by atoms with Crippen molar-refractivity contribution >= 4 is 5.97 Å². The Morgan fingerprint density at radius 2 is 2.20 bits per heavy atom. The molecule has 0 amide bonds. The first-order valence-electron chi connectivity index (χ1n) is 5.23. The standard InChI is InChI=1S/C11H16N2O2/c1-11(2)6-4-5-7-8(10(14)15)13(3)12-9(7)11/h4-6H2,1-3H3,(H,14,15). The Hall–Kier alpha value is -1.32. The lowest BCUT2D eigenvalue weighted by Crippen LogP contribution is -2.24. The molecule has 4 nitrogen and oxygen atoms in total. The largest absolute Gasteiger partial charge is 0.477 e. The van der Waals surface area contributed by atoms with Crippen LogP contribution in [0.15, 0.2) is 0 Å². The highest BCUT2D eigenvalue weighted by atomic mass is 16.4. The smallest absolute Gasteiger partial charge is 0.354 e. The van der Waals surface area contributed by atoms with Gasteiger partial charge in [-0.05, 0) is 19.3 Å². The number of fused-ring (bicyclic) bond motifs is 1. The van der Waals surface area contributed by atoms with Crippen molar-refractivity contribution in [1.82, 2.24) is 9.78 Å². The van der Waals surface area contributed by atoms with Gasteiger partial charge in [-0.2, -0.15) is 5.10 Å². The molecule has 1 aromatic rings. The minimum atomic E-state index is -0.871. The van der Waals surface area contributed by atoms with Crippen LogP contribution in [-0.4, -0.2) is 20.9 Å². The summed E-state index contributed by atoms with van der Waals surface area (Å²) < 4.78 is 1.50. The monoisotopic (exact) mass is 208 g/mol. The van der Waals surface area contributed by atoms with Gasteiger partial charge in [-0.15, -0.1) is 0 Å². The van der Waals surface area contributed by atoms with Gasteiger partial charge in [0.1, 0.15) is 5.69 Å². The maximum Gasteiger partial charge on any atom is 0.354 e. The minimum Gasteiger partial charge on any atom is -0.477 e. The molecule has 0 spiro atoms. The second kappa shape index (κ2) is 3.08. The van der Waals surface area contributed by atoms with E-state index in [0.717, 1.165) is 30.5 Å². The molecule has 0 radical (unpaired) electrons. The predicted molar refractivity (Wildman–Crippen MR) is 56.1 cm³/mol. The third-order valence-corrected chi connectivity index (χ3v) is 3.22. The number of aryl methyl sites for hydroxylation is 1. The van der Waals surface area contributed by atoms with Gasteiger partial charge < -0.3 is 5.11 Å². The molecule has 2 rings (SSSR count). The highest BCUT2D eigenvalue weighted by Gasteiger charge is 2.34. The van der Waals surface area contributed by atoms with Crippen LogP contribution in [0.5, 0.6) is 0 Å². The molecule has 1 aliphatic carbocycles. The van der Waals surface area contributed by atoms with Gasteiger partial charge in [-0.3, -0.25) is 4.68 Å². The Bertz CT molecular complexity index is 418. The van der Waals surface area contributed by atoms with Crippen molar-refractivity contribution in [3.8, 4) is 0 Å². The van der Waals surface area contributed by atoms with E-state index in [-0.39, 0.29) is 5.41 Å². The lowest BCUT2D eigenvalue weighted by molar-refractivity contribution is 0.0683. The van der Waals surface area contributed by atoms with E-state index in [1.54, 1.807) is 7.05 Å². The van der Waals surface area contributed by atoms with E-state index in [0.29, 0.717) is 5.69 Å². The van der Waals surface area contributed by atoms with Gasteiger partial charge in [-0.25, -0.2) is 4.79 Å². The van der Waals surface area contributed by atoms with Gasteiger partial charge in [0.2, 0.25) is 0 Å². The molecule has 0 aromatic carbocycles. The zero-order valence-corrected chi connectivity index (χ0v) is 9.37. The Balaban J connectivity index is 2.63. The Morgan fingerprint density at radius 1 is 1.53 bits per heavy atom. The van der Waals surface area contributed by atoms with Gasteiger partial charge in [-0.1, -0.05) is 13.8 Å². The molecule has 0 saturated carbocycles. The van der Waals surface area contributed by atoms with Crippen molar-refractivity contribution in [1.29, 1.82) is 0 Å². The first kappa shape index (κ1) is 10.2. The number of hydrogen-bond donors (Lipinski definition) is 1. The lowest BCUT2D eigenvalue weighted by atomic mass is 9.76. The van der Waals surface area contributed by atoms with Crippen LogP contribution in [0.1, 0.15) is 48.4 Å². The predicted octanol–water partition coefficient (Wildman–Crippen LogP) is 1.73. The Labute approximate surface area is 88.9 Å². The summed E-state index contributed by atoms with van der Waals surface area (Å²) in [7, 11) is 1.71. The molecule has 0 atom stereocenters. The molecule has 0 aliphatic heterocycles. The third kappa shape index (κ3) is 1.44. The number of nitrogens with zero attached hydrogens (tertiary/aromatic N) is 2. The number of hydrogen-bond acceptors (Lipinski definition) is 2. The topological polar surface area (TPSA) is 55.1 Å². The molecule has 1 aromatic heterocycles. The SMILES string of the molecule is Cn1nc2c(c1C(=O)O)CCCC2(C)C. The molecule has 0 saturated heterocycles. The van der Waals surface area contributed by atoms with Gasteiger partial charge in [0, 0.05) is 18.0 Å². The molecule has 1 aliphatic rings. The minimum absolute atomic E-state index is 0.0129. The highest BCUT2D eigenvalue weighted by molar-refractivity contribution is 5.88. The Morgan fingerprint density at radius 3 is 2.80 bits per heavy atom. The first-order valence-corrected chi connectivity index (χ1v) is 5.23. The summed E-state index contributed by atoms with van der Waals surface area (Å²) in [4.78, 5) is 11.1. The number of rotatable bonds is 1. The van der Waals surface area contributed by atoms with E-state index in [9.17, 15) is 4.79 Å². The fraction of sp³-hybridized carbons (Fsp3) is 0.636. The molecule has 1 heterocycles. The second-order valence-electron chi connectivity index (χ2n) is 4.84. The fourth-order valence-corrected chi connectivity index (χ4v) is 2.44. The summed E-state index contributed by atoms with van der Waals surface area (Å²) in [5.41, 5.74) is 2.27. The molecule has 1 N–H and O–H groups in total. The normalized spacial score (nSPS) is 18.6. The number of aromatic nitrogens is 2. The molecule has 0 fully saturated rings. The van der Waals surface area contributed by atoms with E-state index in [4.69, 9.17) is 5.11 Å². The van der Waals surface area contributed by atoms with E-state index in [2.05, 4.69) is 18.9 Å². The molecule has 15 heavy (non-hydrogen) atoms. The number of carboxylic acids is 1. The van der Waals surface area contributed by atoms with Crippen LogP contribution < -0.4 is 0 Å². The number of carboxylic acid groups (broad SMARTS) is 1. The summed E-state index contributed by atoms with van der Waals surface area (Å²) in [6.45, 7) is 4.26.